The Bertz CT molecular complexity index is 655. The number of hydrogen-bond acceptors (Lipinski definition) is 1. The van der Waals surface area contributed by atoms with E-state index in [1.165, 1.54) is 22.0 Å². The van der Waals surface area contributed by atoms with Crippen molar-refractivity contribution < 1.29 is 0 Å². The lowest BCUT2D eigenvalue weighted by Gasteiger charge is -2.17. The van der Waals surface area contributed by atoms with Crippen LogP contribution in [0.5, 0.6) is 0 Å². The number of nitrogens with two attached hydrogens (primary N) is 1. The summed E-state index contributed by atoms with van der Waals surface area (Å²) < 4.78 is 0. The molecular formula is C17H18N2. The Kier molecular flexibility index (Phi) is 3.34. The molecular weight excluding hydrogens is 232 g/mol. The van der Waals surface area contributed by atoms with Gasteiger partial charge < -0.3 is 10.7 Å². The number of aromatic amines is 1. The molecule has 0 bridgehead atoms. The minimum atomic E-state index is 0.374. The van der Waals surface area contributed by atoms with Gasteiger partial charge in [-0.2, -0.15) is 0 Å². The summed E-state index contributed by atoms with van der Waals surface area (Å²) in [6, 6.07) is 19.3. The van der Waals surface area contributed by atoms with Crippen LogP contribution in [0.2, 0.25) is 0 Å². The molecule has 0 saturated carbocycles. The second-order valence-electron chi connectivity index (χ2n) is 4.86. The zero-order valence-corrected chi connectivity index (χ0v) is 10.8. The van der Waals surface area contributed by atoms with E-state index in [0.717, 1.165) is 6.42 Å². The highest BCUT2D eigenvalue weighted by atomic mass is 14.7. The largest absolute Gasteiger partial charge is 0.361 e. The number of benzene rings is 2. The van der Waals surface area contributed by atoms with Gasteiger partial charge in [0.1, 0.15) is 0 Å². The maximum Gasteiger partial charge on any atom is 0.0456 e. The Morgan fingerprint density at radius 2 is 1.79 bits per heavy atom. The zero-order chi connectivity index (χ0) is 13.1. The van der Waals surface area contributed by atoms with Crippen molar-refractivity contribution in [3.8, 4) is 0 Å². The van der Waals surface area contributed by atoms with E-state index in [2.05, 4.69) is 59.6 Å². The van der Waals surface area contributed by atoms with E-state index < -0.39 is 0 Å². The molecule has 1 aromatic heterocycles. The van der Waals surface area contributed by atoms with Crippen LogP contribution in [-0.4, -0.2) is 11.5 Å². The average molecular weight is 250 g/mol. The fraction of sp³-hybridized carbons (Fsp3) is 0.176. The lowest BCUT2D eigenvalue weighted by atomic mass is 9.88. The molecule has 3 N–H and O–H groups in total. The number of nitrogens with one attached hydrogen (secondary N) is 1. The molecule has 0 aliphatic heterocycles. The first-order valence-electron chi connectivity index (χ1n) is 6.70. The topological polar surface area (TPSA) is 41.8 Å². The highest BCUT2D eigenvalue weighted by molar-refractivity contribution is 5.80. The standard InChI is InChI=1S/C17H18N2/c18-10-8-16(13-4-2-1-3-5-13)15-7-6-14-9-11-19-17(14)12-15/h1-7,9,11-12,16,19H,8,10,18H2/t16-/m0/s1. The van der Waals surface area contributed by atoms with Crippen molar-refractivity contribution in [1.82, 2.24) is 4.98 Å². The molecule has 0 unspecified atom stereocenters. The molecule has 0 amide bonds. The number of H-pyrrole nitrogens is 1. The van der Waals surface area contributed by atoms with Crippen LogP contribution in [0.3, 0.4) is 0 Å². The van der Waals surface area contributed by atoms with Gasteiger partial charge in [-0.25, -0.2) is 0 Å². The Hall–Kier alpha value is -2.06. The molecule has 1 heterocycles. The van der Waals surface area contributed by atoms with Crippen molar-refractivity contribution >= 4 is 10.9 Å². The summed E-state index contributed by atoms with van der Waals surface area (Å²) >= 11 is 0. The maximum atomic E-state index is 5.79. The van der Waals surface area contributed by atoms with E-state index in [1.54, 1.807) is 0 Å². The van der Waals surface area contributed by atoms with Crippen LogP contribution < -0.4 is 5.73 Å². The Morgan fingerprint density at radius 3 is 2.58 bits per heavy atom. The van der Waals surface area contributed by atoms with Gasteiger partial charge in [0.05, 0.1) is 0 Å². The van der Waals surface area contributed by atoms with E-state index in [1.807, 2.05) is 6.20 Å². The summed E-state index contributed by atoms with van der Waals surface area (Å²) in [6.45, 7) is 0.697. The van der Waals surface area contributed by atoms with Gasteiger partial charge in [-0.3, -0.25) is 0 Å². The summed E-state index contributed by atoms with van der Waals surface area (Å²) in [5.74, 6) is 0.374. The van der Waals surface area contributed by atoms with E-state index in [-0.39, 0.29) is 0 Å². The molecule has 2 nitrogen and oxygen atoms in total. The predicted molar refractivity (Wildman–Crippen MR) is 80.3 cm³/mol. The molecule has 3 aromatic rings. The van der Waals surface area contributed by atoms with Gasteiger partial charge >= 0.3 is 0 Å². The van der Waals surface area contributed by atoms with Gasteiger partial charge in [-0.15, -0.1) is 0 Å². The van der Waals surface area contributed by atoms with Crippen molar-refractivity contribution in [2.45, 2.75) is 12.3 Å². The van der Waals surface area contributed by atoms with Gasteiger partial charge in [0.2, 0.25) is 0 Å². The second-order valence-corrected chi connectivity index (χ2v) is 4.86. The lowest BCUT2D eigenvalue weighted by Crippen LogP contribution is -2.08. The first-order valence-corrected chi connectivity index (χ1v) is 6.70. The molecule has 0 aliphatic rings. The summed E-state index contributed by atoms with van der Waals surface area (Å²) in [4.78, 5) is 3.28. The molecule has 0 aliphatic carbocycles. The normalized spacial score (nSPS) is 12.7. The maximum absolute atomic E-state index is 5.79. The van der Waals surface area contributed by atoms with E-state index in [4.69, 9.17) is 5.73 Å². The minimum absolute atomic E-state index is 0.374. The van der Waals surface area contributed by atoms with Gasteiger partial charge in [0, 0.05) is 17.6 Å². The van der Waals surface area contributed by atoms with Crippen LogP contribution in [0.25, 0.3) is 10.9 Å². The summed E-state index contributed by atoms with van der Waals surface area (Å²) in [5, 5.41) is 1.25. The van der Waals surface area contributed by atoms with Crippen LogP contribution in [-0.2, 0) is 0 Å². The number of rotatable bonds is 4. The van der Waals surface area contributed by atoms with Gasteiger partial charge in [-0.05, 0) is 41.6 Å². The summed E-state index contributed by atoms with van der Waals surface area (Å²) in [5.41, 5.74) is 9.64. The van der Waals surface area contributed by atoms with E-state index >= 15 is 0 Å². The molecule has 3 rings (SSSR count). The average Bonchev–Trinajstić information content (AvgIpc) is 2.93. The molecule has 0 radical (unpaired) electrons. The zero-order valence-electron chi connectivity index (χ0n) is 10.8. The summed E-state index contributed by atoms with van der Waals surface area (Å²) in [6.07, 6.45) is 2.95. The van der Waals surface area contributed by atoms with Gasteiger partial charge in [0.25, 0.3) is 0 Å². The van der Waals surface area contributed by atoms with Crippen molar-refractivity contribution in [2.75, 3.05) is 6.54 Å². The number of hydrogen-bond donors (Lipinski definition) is 2. The Morgan fingerprint density at radius 1 is 0.947 bits per heavy atom. The molecule has 2 aromatic carbocycles. The monoisotopic (exact) mass is 250 g/mol. The molecule has 0 fully saturated rings. The first kappa shape index (κ1) is 12.0. The van der Waals surface area contributed by atoms with Gasteiger partial charge in [0.15, 0.2) is 0 Å². The Balaban J connectivity index is 2.03. The van der Waals surface area contributed by atoms with Crippen molar-refractivity contribution in [2.24, 2.45) is 5.73 Å². The Labute approximate surface area is 113 Å². The van der Waals surface area contributed by atoms with Crippen molar-refractivity contribution in [3.05, 3.63) is 71.9 Å². The molecule has 1 atom stereocenters. The predicted octanol–water partition coefficient (Wildman–Crippen LogP) is 3.65. The SMILES string of the molecule is NCC[C@@H](c1ccccc1)c1ccc2cc[nH]c2c1. The fourth-order valence-electron chi connectivity index (χ4n) is 2.66. The molecule has 96 valence electrons. The highest BCUT2D eigenvalue weighted by Crippen LogP contribution is 2.29. The van der Waals surface area contributed by atoms with E-state index in [9.17, 15) is 0 Å². The van der Waals surface area contributed by atoms with Crippen molar-refractivity contribution in [1.29, 1.82) is 0 Å². The van der Waals surface area contributed by atoms with Gasteiger partial charge in [-0.1, -0.05) is 42.5 Å². The smallest absolute Gasteiger partial charge is 0.0456 e. The first-order chi connectivity index (χ1) is 9.38. The van der Waals surface area contributed by atoms with Crippen LogP contribution >= 0.6 is 0 Å². The third-order valence-electron chi connectivity index (χ3n) is 3.64. The molecule has 0 saturated heterocycles. The lowest BCUT2D eigenvalue weighted by molar-refractivity contribution is 0.727. The van der Waals surface area contributed by atoms with Crippen LogP contribution in [0.1, 0.15) is 23.5 Å². The van der Waals surface area contributed by atoms with E-state index in [0.29, 0.717) is 12.5 Å². The molecule has 19 heavy (non-hydrogen) atoms. The van der Waals surface area contributed by atoms with Crippen LogP contribution in [0, 0.1) is 0 Å². The van der Waals surface area contributed by atoms with Crippen LogP contribution in [0.4, 0.5) is 0 Å². The second kappa shape index (κ2) is 5.29. The third kappa shape index (κ3) is 2.40. The highest BCUT2D eigenvalue weighted by Gasteiger charge is 2.13. The minimum Gasteiger partial charge on any atom is -0.361 e. The van der Waals surface area contributed by atoms with Crippen molar-refractivity contribution in [3.63, 3.8) is 0 Å². The third-order valence-corrected chi connectivity index (χ3v) is 3.64. The number of aromatic nitrogens is 1. The number of fused-ring (bicyclic) bond motifs is 1. The quantitative estimate of drug-likeness (QED) is 0.729. The molecule has 2 heteroatoms. The summed E-state index contributed by atoms with van der Waals surface area (Å²) in [7, 11) is 0. The molecule has 0 spiro atoms. The van der Waals surface area contributed by atoms with Crippen LogP contribution in [0.15, 0.2) is 60.8 Å². The fourth-order valence-corrected chi connectivity index (χ4v) is 2.66.